The first-order valence-electron chi connectivity index (χ1n) is 6.33. The minimum Gasteiger partial charge on any atom is -0.383 e. The second-order valence-corrected chi connectivity index (χ2v) is 4.92. The molecule has 0 saturated heterocycles. The number of nitrogens with one attached hydrogen (secondary N) is 1. The van der Waals surface area contributed by atoms with Crippen LogP contribution in [-0.2, 0) is 11.3 Å². The summed E-state index contributed by atoms with van der Waals surface area (Å²) >= 11 is 0. The van der Waals surface area contributed by atoms with Crippen LogP contribution in [-0.4, -0.2) is 30.0 Å². The molecule has 0 radical (unpaired) electrons. The highest BCUT2D eigenvalue weighted by Crippen LogP contribution is 2.22. The lowest BCUT2D eigenvalue weighted by atomic mass is 10.1. The standard InChI is InChI=1S/C13H25N3O/c1-10(2)13-12(8-14-6-7-17-5)9-15-16(13)11(3)4/h9-11,14H,6-8H2,1-5H3. The molecule has 1 aromatic rings. The molecule has 0 atom stereocenters. The van der Waals surface area contributed by atoms with E-state index >= 15 is 0 Å². The summed E-state index contributed by atoms with van der Waals surface area (Å²) in [5, 5.41) is 7.85. The molecule has 0 bridgehead atoms. The van der Waals surface area contributed by atoms with E-state index in [-0.39, 0.29) is 0 Å². The van der Waals surface area contributed by atoms with Crippen LogP contribution >= 0.6 is 0 Å². The van der Waals surface area contributed by atoms with E-state index in [9.17, 15) is 0 Å². The Morgan fingerprint density at radius 1 is 1.35 bits per heavy atom. The molecule has 0 unspecified atom stereocenters. The molecule has 0 aromatic carbocycles. The van der Waals surface area contributed by atoms with Crippen molar-refractivity contribution < 1.29 is 4.74 Å². The lowest BCUT2D eigenvalue weighted by Gasteiger charge is -2.15. The third-order valence-electron chi connectivity index (χ3n) is 2.75. The van der Waals surface area contributed by atoms with Crippen molar-refractivity contribution in [3.63, 3.8) is 0 Å². The summed E-state index contributed by atoms with van der Waals surface area (Å²) in [5.41, 5.74) is 2.63. The molecule has 1 rings (SSSR count). The maximum absolute atomic E-state index is 5.02. The van der Waals surface area contributed by atoms with Crippen LogP contribution in [0.1, 0.15) is 50.9 Å². The molecule has 4 nitrogen and oxygen atoms in total. The highest BCUT2D eigenvalue weighted by molar-refractivity contribution is 5.21. The topological polar surface area (TPSA) is 39.1 Å². The Morgan fingerprint density at radius 2 is 2.06 bits per heavy atom. The number of hydrogen-bond donors (Lipinski definition) is 1. The molecule has 0 spiro atoms. The zero-order chi connectivity index (χ0) is 12.8. The minimum absolute atomic E-state index is 0.417. The molecule has 1 aromatic heterocycles. The summed E-state index contributed by atoms with van der Waals surface area (Å²) in [7, 11) is 1.72. The molecular formula is C13H25N3O. The number of aromatic nitrogens is 2. The first kappa shape index (κ1) is 14.2. The van der Waals surface area contributed by atoms with Crippen LogP contribution < -0.4 is 5.32 Å². The Kier molecular flexibility index (Phi) is 5.65. The van der Waals surface area contributed by atoms with Gasteiger partial charge in [-0.3, -0.25) is 4.68 Å². The molecule has 1 heterocycles. The van der Waals surface area contributed by atoms with E-state index in [0.717, 1.165) is 19.7 Å². The SMILES string of the molecule is COCCNCc1cnn(C(C)C)c1C(C)C. The molecular weight excluding hydrogens is 214 g/mol. The maximum atomic E-state index is 5.02. The first-order valence-corrected chi connectivity index (χ1v) is 6.33. The Hall–Kier alpha value is -0.870. The van der Waals surface area contributed by atoms with Crippen molar-refractivity contribution >= 4 is 0 Å². The molecule has 17 heavy (non-hydrogen) atoms. The summed E-state index contributed by atoms with van der Waals surface area (Å²) in [4.78, 5) is 0. The fourth-order valence-corrected chi connectivity index (χ4v) is 1.99. The van der Waals surface area contributed by atoms with Crippen molar-refractivity contribution in [2.75, 3.05) is 20.3 Å². The summed E-state index contributed by atoms with van der Waals surface area (Å²) < 4.78 is 7.14. The van der Waals surface area contributed by atoms with E-state index in [1.807, 2.05) is 6.20 Å². The van der Waals surface area contributed by atoms with Crippen LogP contribution in [0.3, 0.4) is 0 Å². The molecule has 0 saturated carbocycles. The van der Waals surface area contributed by atoms with Crippen LogP contribution in [0, 0.1) is 0 Å². The lowest BCUT2D eigenvalue weighted by molar-refractivity contribution is 0.199. The fourth-order valence-electron chi connectivity index (χ4n) is 1.99. The molecule has 0 aliphatic carbocycles. The van der Waals surface area contributed by atoms with E-state index in [1.165, 1.54) is 11.3 Å². The highest BCUT2D eigenvalue weighted by atomic mass is 16.5. The van der Waals surface area contributed by atoms with Gasteiger partial charge < -0.3 is 10.1 Å². The summed E-state index contributed by atoms with van der Waals surface area (Å²) in [6, 6.07) is 0.417. The number of hydrogen-bond acceptors (Lipinski definition) is 3. The summed E-state index contributed by atoms with van der Waals surface area (Å²) in [6.45, 7) is 11.3. The van der Waals surface area contributed by atoms with Crippen LogP contribution in [0.4, 0.5) is 0 Å². The van der Waals surface area contributed by atoms with Gasteiger partial charge in [-0.25, -0.2) is 0 Å². The van der Waals surface area contributed by atoms with Gasteiger partial charge in [0.25, 0.3) is 0 Å². The van der Waals surface area contributed by atoms with Crippen molar-refractivity contribution in [2.45, 2.75) is 46.2 Å². The average molecular weight is 239 g/mol. The summed E-state index contributed by atoms with van der Waals surface area (Å²) in [5.74, 6) is 0.499. The van der Waals surface area contributed by atoms with Crippen molar-refractivity contribution in [2.24, 2.45) is 0 Å². The zero-order valence-electron chi connectivity index (χ0n) is 11.7. The largest absolute Gasteiger partial charge is 0.383 e. The Labute approximate surface area is 104 Å². The lowest BCUT2D eigenvalue weighted by Crippen LogP contribution is -2.20. The smallest absolute Gasteiger partial charge is 0.0587 e. The van der Waals surface area contributed by atoms with Crippen LogP contribution in [0.2, 0.25) is 0 Å². The zero-order valence-corrected chi connectivity index (χ0v) is 11.7. The quantitative estimate of drug-likeness (QED) is 0.742. The van der Waals surface area contributed by atoms with E-state index in [4.69, 9.17) is 4.74 Å². The van der Waals surface area contributed by atoms with Gasteiger partial charge in [0.05, 0.1) is 12.8 Å². The van der Waals surface area contributed by atoms with Gasteiger partial charge in [-0.05, 0) is 19.8 Å². The van der Waals surface area contributed by atoms with E-state index < -0.39 is 0 Å². The Balaban J connectivity index is 2.71. The average Bonchev–Trinajstić information content (AvgIpc) is 2.68. The third-order valence-corrected chi connectivity index (χ3v) is 2.75. The van der Waals surface area contributed by atoms with E-state index in [2.05, 4.69) is 42.8 Å². The fraction of sp³-hybridized carbons (Fsp3) is 0.769. The maximum Gasteiger partial charge on any atom is 0.0587 e. The van der Waals surface area contributed by atoms with E-state index in [0.29, 0.717) is 12.0 Å². The molecule has 0 aliphatic rings. The molecule has 0 aliphatic heterocycles. The van der Waals surface area contributed by atoms with Crippen molar-refractivity contribution in [3.8, 4) is 0 Å². The number of nitrogens with zero attached hydrogens (tertiary/aromatic N) is 2. The molecule has 0 amide bonds. The summed E-state index contributed by atoms with van der Waals surface area (Å²) in [6.07, 6.45) is 1.98. The van der Waals surface area contributed by atoms with Crippen LogP contribution in [0.25, 0.3) is 0 Å². The van der Waals surface area contributed by atoms with Crippen LogP contribution in [0.15, 0.2) is 6.20 Å². The molecule has 4 heteroatoms. The minimum atomic E-state index is 0.417. The highest BCUT2D eigenvalue weighted by Gasteiger charge is 2.15. The van der Waals surface area contributed by atoms with Crippen LogP contribution in [0.5, 0.6) is 0 Å². The van der Waals surface area contributed by atoms with Gasteiger partial charge in [-0.15, -0.1) is 0 Å². The molecule has 0 fully saturated rings. The number of methoxy groups -OCH3 is 1. The van der Waals surface area contributed by atoms with Gasteiger partial charge in [-0.1, -0.05) is 13.8 Å². The van der Waals surface area contributed by atoms with Gasteiger partial charge in [0.1, 0.15) is 0 Å². The first-order chi connectivity index (χ1) is 8.07. The number of rotatable bonds is 7. The van der Waals surface area contributed by atoms with Gasteiger partial charge in [0, 0.05) is 37.5 Å². The molecule has 1 N–H and O–H groups in total. The van der Waals surface area contributed by atoms with Gasteiger partial charge in [0.15, 0.2) is 0 Å². The van der Waals surface area contributed by atoms with Crippen molar-refractivity contribution in [1.29, 1.82) is 0 Å². The van der Waals surface area contributed by atoms with E-state index in [1.54, 1.807) is 7.11 Å². The van der Waals surface area contributed by atoms with Gasteiger partial charge >= 0.3 is 0 Å². The van der Waals surface area contributed by atoms with Crippen molar-refractivity contribution in [3.05, 3.63) is 17.5 Å². The second-order valence-electron chi connectivity index (χ2n) is 4.92. The second kappa shape index (κ2) is 6.77. The molecule has 98 valence electrons. The normalized spacial score (nSPS) is 11.7. The Bertz CT molecular complexity index is 331. The van der Waals surface area contributed by atoms with Gasteiger partial charge in [0.2, 0.25) is 0 Å². The predicted molar refractivity (Wildman–Crippen MR) is 70.3 cm³/mol. The Morgan fingerprint density at radius 3 is 2.59 bits per heavy atom. The third kappa shape index (κ3) is 3.82. The monoisotopic (exact) mass is 239 g/mol. The number of ether oxygens (including phenoxy) is 1. The van der Waals surface area contributed by atoms with Crippen molar-refractivity contribution in [1.82, 2.24) is 15.1 Å². The predicted octanol–water partition coefficient (Wildman–Crippen LogP) is 2.32. The van der Waals surface area contributed by atoms with Gasteiger partial charge in [-0.2, -0.15) is 5.10 Å².